The van der Waals surface area contributed by atoms with E-state index in [4.69, 9.17) is 18.9 Å². The molecule has 2 rings (SSSR count). The van der Waals surface area contributed by atoms with Crippen molar-refractivity contribution < 1.29 is 18.9 Å². The molecule has 0 aromatic heterocycles. The van der Waals surface area contributed by atoms with Gasteiger partial charge in [-0.2, -0.15) is 0 Å². The lowest BCUT2D eigenvalue weighted by atomic mass is 10.0. The molecule has 0 aliphatic heterocycles. The molecular formula is C19H25BrO4Si. The summed E-state index contributed by atoms with van der Waals surface area (Å²) in [7, 11) is 4.95. The predicted molar refractivity (Wildman–Crippen MR) is 109 cm³/mol. The highest BCUT2D eigenvalue weighted by Gasteiger charge is 2.25. The zero-order valence-electron chi connectivity index (χ0n) is 15.8. The second-order valence-corrected chi connectivity index (χ2v) is 12.6. The average Bonchev–Trinajstić information content (AvgIpc) is 2.59. The highest BCUT2D eigenvalue weighted by molar-refractivity contribution is 9.10. The van der Waals surface area contributed by atoms with Gasteiger partial charge in [-0.15, -0.1) is 0 Å². The van der Waals surface area contributed by atoms with E-state index in [2.05, 4.69) is 41.6 Å². The lowest BCUT2D eigenvalue weighted by molar-refractivity contribution is 0.354. The van der Waals surface area contributed by atoms with Crippen molar-refractivity contribution in [2.24, 2.45) is 0 Å². The van der Waals surface area contributed by atoms with Gasteiger partial charge in [-0.3, -0.25) is 0 Å². The summed E-state index contributed by atoms with van der Waals surface area (Å²) in [6.07, 6.45) is 0. The van der Waals surface area contributed by atoms with E-state index < -0.39 is 8.07 Å². The van der Waals surface area contributed by atoms with E-state index in [1.54, 1.807) is 28.4 Å². The van der Waals surface area contributed by atoms with Crippen LogP contribution >= 0.6 is 15.9 Å². The highest BCUT2D eigenvalue weighted by atomic mass is 79.9. The molecule has 0 heterocycles. The van der Waals surface area contributed by atoms with Crippen LogP contribution in [-0.2, 0) is 0 Å². The van der Waals surface area contributed by atoms with E-state index in [0.29, 0.717) is 17.2 Å². The Hall–Kier alpha value is -1.66. The molecule has 0 fully saturated rings. The molecule has 0 unspecified atom stereocenters. The first-order valence-corrected chi connectivity index (χ1v) is 12.2. The Morgan fingerprint density at radius 2 is 1.04 bits per heavy atom. The Bertz CT molecular complexity index is 769. The van der Waals surface area contributed by atoms with Crippen molar-refractivity contribution in [2.75, 3.05) is 28.4 Å². The van der Waals surface area contributed by atoms with Gasteiger partial charge in [0.2, 0.25) is 0 Å². The summed E-state index contributed by atoms with van der Waals surface area (Å²) in [5, 5.41) is 1.29. The second-order valence-electron chi connectivity index (χ2n) is 6.69. The lowest BCUT2D eigenvalue weighted by Crippen LogP contribution is -2.39. The Morgan fingerprint density at radius 1 is 0.640 bits per heavy atom. The van der Waals surface area contributed by atoms with E-state index >= 15 is 0 Å². The molecule has 0 N–H and O–H groups in total. The Balaban J connectivity index is 2.81. The van der Waals surface area contributed by atoms with Crippen LogP contribution in [0.2, 0.25) is 19.6 Å². The fourth-order valence-corrected chi connectivity index (χ4v) is 4.90. The molecule has 2 aromatic carbocycles. The smallest absolute Gasteiger partial charge is 0.161 e. The van der Waals surface area contributed by atoms with Crippen LogP contribution in [0.1, 0.15) is 0 Å². The molecule has 0 spiro atoms. The molecule has 2 aromatic rings. The van der Waals surface area contributed by atoms with Crippen molar-refractivity contribution in [3.8, 4) is 34.1 Å². The normalized spacial score (nSPS) is 11.2. The van der Waals surface area contributed by atoms with Crippen LogP contribution in [0.4, 0.5) is 0 Å². The van der Waals surface area contributed by atoms with Crippen LogP contribution in [0.5, 0.6) is 23.0 Å². The largest absolute Gasteiger partial charge is 0.493 e. The van der Waals surface area contributed by atoms with Crippen LogP contribution in [0, 0.1) is 0 Å². The quantitative estimate of drug-likeness (QED) is 0.629. The van der Waals surface area contributed by atoms with E-state index in [1.807, 2.05) is 18.2 Å². The maximum atomic E-state index is 5.53. The average molecular weight is 425 g/mol. The second kappa shape index (κ2) is 7.70. The van der Waals surface area contributed by atoms with Gasteiger partial charge >= 0.3 is 0 Å². The Labute approximate surface area is 159 Å². The van der Waals surface area contributed by atoms with Gasteiger partial charge in [0.25, 0.3) is 0 Å². The lowest BCUT2D eigenvalue weighted by Gasteiger charge is -2.24. The van der Waals surface area contributed by atoms with Crippen molar-refractivity contribution in [3.05, 3.63) is 28.7 Å². The molecule has 6 heteroatoms. The van der Waals surface area contributed by atoms with Gasteiger partial charge in [0.15, 0.2) is 23.0 Å². The van der Waals surface area contributed by atoms with Crippen LogP contribution in [-0.4, -0.2) is 36.5 Å². The van der Waals surface area contributed by atoms with Gasteiger partial charge in [0.05, 0.1) is 36.5 Å². The number of halogens is 1. The van der Waals surface area contributed by atoms with Gasteiger partial charge in [-0.25, -0.2) is 0 Å². The molecule has 25 heavy (non-hydrogen) atoms. The molecule has 0 aliphatic rings. The van der Waals surface area contributed by atoms with Crippen molar-refractivity contribution in [1.29, 1.82) is 0 Å². The molecule has 0 saturated heterocycles. The predicted octanol–water partition coefficient (Wildman–Crippen LogP) is 4.70. The third-order valence-electron chi connectivity index (χ3n) is 4.10. The maximum absolute atomic E-state index is 5.53. The fraction of sp³-hybridized carbons (Fsp3) is 0.368. The van der Waals surface area contributed by atoms with Gasteiger partial charge in [0.1, 0.15) is 0 Å². The van der Waals surface area contributed by atoms with Crippen molar-refractivity contribution in [2.45, 2.75) is 19.6 Å². The monoisotopic (exact) mass is 424 g/mol. The van der Waals surface area contributed by atoms with Crippen LogP contribution in [0.3, 0.4) is 0 Å². The molecule has 0 amide bonds. The Morgan fingerprint density at radius 3 is 1.48 bits per heavy atom. The fourth-order valence-electron chi connectivity index (χ4n) is 2.78. The number of hydrogen-bond acceptors (Lipinski definition) is 4. The summed E-state index contributed by atoms with van der Waals surface area (Å²) < 4.78 is 22.9. The molecule has 136 valence electrons. The van der Waals surface area contributed by atoms with E-state index in [9.17, 15) is 0 Å². The number of ether oxygens (including phenoxy) is 4. The maximum Gasteiger partial charge on any atom is 0.161 e. The minimum Gasteiger partial charge on any atom is -0.493 e. The first-order valence-electron chi connectivity index (χ1n) is 7.95. The third kappa shape index (κ3) is 3.95. The minimum absolute atomic E-state index is 0.688. The Kier molecular flexibility index (Phi) is 6.06. The molecule has 0 atom stereocenters. The van der Waals surface area contributed by atoms with Crippen molar-refractivity contribution in [1.82, 2.24) is 0 Å². The minimum atomic E-state index is -1.64. The van der Waals surface area contributed by atoms with Gasteiger partial charge < -0.3 is 18.9 Å². The zero-order valence-corrected chi connectivity index (χ0v) is 18.4. The zero-order chi connectivity index (χ0) is 18.8. The van der Waals surface area contributed by atoms with E-state index in [1.165, 1.54) is 5.19 Å². The van der Waals surface area contributed by atoms with E-state index in [0.717, 1.165) is 21.3 Å². The first-order chi connectivity index (χ1) is 11.8. The number of rotatable bonds is 6. The summed E-state index contributed by atoms with van der Waals surface area (Å²) in [5.74, 6) is 2.84. The number of hydrogen-bond donors (Lipinski definition) is 0. The summed E-state index contributed by atoms with van der Waals surface area (Å²) >= 11 is 3.68. The van der Waals surface area contributed by atoms with Crippen molar-refractivity contribution >= 4 is 29.2 Å². The van der Waals surface area contributed by atoms with Gasteiger partial charge in [-0.1, -0.05) is 35.6 Å². The topological polar surface area (TPSA) is 36.9 Å². The number of benzene rings is 2. The summed E-state index contributed by atoms with van der Waals surface area (Å²) in [6, 6.07) is 8.06. The number of methoxy groups -OCH3 is 4. The first kappa shape index (κ1) is 19.7. The summed E-state index contributed by atoms with van der Waals surface area (Å²) in [6.45, 7) is 6.94. The van der Waals surface area contributed by atoms with Crippen molar-refractivity contribution in [3.63, 3.8) is 0 Å². The van der Waals surface area contributed by atoms with Crippen LogP contribution < -0.4 is 24.1 Å². The molecule has 0 bridgehead atoms. The summed E-state index contributed by atoms with van der Waals surface area (Å²) in [5.41, 5.74) is 2.15. The van der Waals surface area contributed by atoms with Gasteiger partial charge in [0, 0.05) is 4.47 Å². The van der Waals surface area contributed by atoms with Crippen LogP contribution in [0.25, 0.3) is 11.1 Å². The molecule has 4 nitrogen and oxygen atoms in total. The molecular weight excluding hydrogens is 400 g/mol. The highest BCUT2D eigenvalue weighted by Crippen LogP contribution is 2.41. The third-order valence-corrected chi connectivity index (χ3v) is 6.78. The molecule has 0 radical (unpaired) electrons. The molecule has 0 aliphatic carbocycles. The van der Waals surface area contributed by atoms with Crippen LogP contribution in [0.15, 0.2) is 28.7 Å². The molecule has 0 saturated carbocycles. The SMILES string of the molecule is COc1cc(Br)c(-c2cc(OC)c(OC)cc2[Si](C)(C)C)cc1OC. The standard InChI is InChI=1S/C19H25BrO4Si/c1-21-15-8-12(14(20)10-17(15)23-3)13-9-16(22-2)18(24-4)11-19(13)25(5,6)7/h8-11H,1-7H3. The van der Waals surface area contributed by atoms with E-state index in [-0.39, 0.29) is 0 Å². The summed E-state index contributed by atoms with van der Waals surface area (Å²) in [4.78, 5) is 0. The van der Waals surface area contributed by atoms with Gasteiger partial charge in [-0.05, 0) is 40.6 Å².